The van der Waals surface area contributed by atoms with E-state index in [4.69, 9.17) is 11.6 Å². The van der Waals surface area contributed by atoms with Crippen LogP contribution in [-0.4, -0.2) is 34.6 Å². The van der Waals surface area contributed by atoms with E-state index < -0.39 is 6.04 Å². The summed E-state index contributed by atoms with van der Waals surface area (Å²) in [7, 11) is 0. The summed E-state index contributed by atoms with van der Waals surface area (Å²) in [4.78, 5) is 28.0. The lowest BCUT2D eigenvalue weighted by Crippen LogP contribution is -2.51. The van der Waals surface area contributed by atoms with Gasteiger partial charge >= 0.3 is 0 Å². The predicted octanol–water partition coefficient (Wildman–Crippen LogP) is 5.91. The van der Waals surface area contributed by atoms with Crippen molar-refractivity contribution in [1.29, 1.82) is 0 Å². The molecule has 0 bridgehead atoms. The molecule has 0 aliphatic rings. The highest BCUT2D eigenvalue weighted by molar-refractivity contribution is 7.99. The summed E-state index contributed by atoms with van der Waals surface area (Å²) in [6.45, 7) is 10.4. The molecule has 0 saturated carbocycles. The standard InChI is InChI=1S/C26H35ClN2O2S/c1-6-20(5)28-26(31)24(7-2)29(15-22-10-8-9-11-23(22)27)25(30)17-32-16-21-13-18(3)12-19(4)14-21/h8-14,20,24H,6-7,15-17H2,1-5H3,(H,28,31)/t20-,24+/m1/s1. The van der Waals surface area contributed by atoms with E-state index in [0.717, 1.165) is 17.7 Å². The third-order valence-electron chi connectivity index (χ3n) is 5.46. The molecule has 4 nitrogen and oxygen atoms in total. The molecule has 2 aromatic carbocycles. The average molecular weight is 475 g/mol. The molecular weight excluding hydrogens is 440 g/mol. The van der Waals surface area contributed by atoms with Crippen LogP contribution in [0.4, 0.5) is 0 Å². The minimum atomic E-state index is -0.533. The number of rotatable bonds is 11. The van der Waals surface area contributed by atoms with Crippen LogP contribution in [0, 0.1) is 13.8 Å². The Kier molecular flexibility index (Phi) is 10.6. The topological polar surface area (TPSA) is 49.4 Å². The van der Waals surface area contributed by atoms with Gasteiger partial charge in [-0.15, -0.1) is 11.8 Å². The minimum Gasteiger partial charge on any atom is -0.352 e. The van der Waals surface area contributed by atoms with Gasteiger partial charge in [0.1, 0.15) is 6.04 Å². The lowest BCUT2D eigenvalue weighted by Gasteiger charge is -2.31. The molecule has 1 N–H and O–H groups in total. The van der Waals surface area contributed by atoms with Gasteiger partial charge in [0.05, 0.1) is 5.75 Å². The number of nitrogens with zero attached hydrogens (tertiary/aromatic N) is 1. The number of thioether (sulfide) groups is 1. The van der Waals surface area contributed by atoms with Crippen LogP contribution in [0.2, 0.25) is 5.02 Å². The maximum atomic E-state index is 13.3. The molecule has 0 aromatic heterocycles. The van der Waals surface area contributed by atoms with Crippen molar-refractivity contribution in [3.05, 3.63) is 69.7 Å². The van der Waals surface area contributed by atoms with E-state index in [1.54, 1.807) is 16.7 Å². The number of hydrogen-bond donors (Lipinski definition) is 1. The third kappa shape index (κ3) is 7.86. The van der Waals surface area contributed by atoms with Gasteiger partial charge in [0, 0.05) is 23.4 Å². The normalized spacial score (nSPS) is 12.8. The Hall–Kier alpha value is -1.98. The third-order valence-corrected chi connectivity index (χ3v) is 6.82. The Morgan fingerprint density at radius 2 is 1.72 bits per heavy atom. The van der Waals surface area contributed by atoms with Crippen molar-refractivity contribution in [3.63, 3.8) is 0 Å². The second-order valence-electron chi connectivity index (χ2n) is 8.34. The lowest BCUT2D eigenvalue weighted by molar-refractivity contribution is -0.139. The van der Waals surface area contributed by atoms with Crippen LogP contribution < -0.4 is 5.32 Å². The van der Waals surface area contributed by atoms with Gasteiger partial charge in [-0.2, -0.15) is 0 Å². The van der Waals surface area contributed by atoms with Crippen molar-refractivity contribution in [2.45, 2.75) is 71.8 Å². The molecular formula is C26H35ClN2O2S. The number of hydrogen-bond acceptors (Lipinski definition) is 3. The van der Waals surface area contributed by atoms with Gasteiger partial charge in [0.15, 0.2) is 0 Å². The zero-order valence-corrected chi connectivity index (χ0v) is 21.4. The smallest absolute Gasteiger partial charge is 0.243 e. The quantitative estimate of drug-likeness (QED) is 0.440. The Labute approximate surface area is 202 Å². The van der Waals surface area contributed by atoms with E-state index in [1.165, 1.54) is 16.7 Å². The van der Waals surface area contributed by atoms with E-state index in [0.29, 0.717) is 23.7 Å². The summed E-state index contributed by atoms with van der Waals surface area (Å²) in [5, 5.41) is 3.64. The first-order valence-corrected chi connectivity index (χ1v) is 12.8. The van der Waals surface area contributed by atoms with Crippen molar-refractivity contribution in [3.8, 4) is 0 Å². The van der Waals surface area contributed by atoms with Crippen molar-refractivity contribution in [2.75, 3.05) is 5.75 Å². The number of benzene rings is 2. The number of amides is 2. The zero-order valence-electron chi connectivity index (χ0n) is 19.8. The fourth-order valence-electron chi connectivity index (χ4n) is 3.66. The SMILES string of the molecule is CC[C@@H](C)NC(=O)[C@H](CC)N(Cc1ccccc1Cl)C(=O)CSCc1cc(C)cc(C)c1. The molecule has 6 heteroatoms. The van der Waals surface area contributed by atoms with Gasteiger partial charge in [0.2, 0.25) is 11.8 Å². The van der Waals surface area contributed by atoms with Crippen molar-refractivity contribution >= 4 is 35.2 Å². The van der Waals surface area contributed by atoms with Gasteiger partial charge in [-0.05, 0) is 50.8 Å². The second-order valence-corrected chi connectivity index (χ2v) is 9.74. The van der Waals surface area contributed by atoms with E-state index in [2.05, 4.69) is 37.4 Å². The summed E-state index contributed by atoms with van der Waals surface area (Å²) >= 11 is 7.95. The molecule has 2 atom stereocenters. The first-order chi connectivity index (χ1) is 15.2. The number of carbonyl (C=O) groups excluding carboxylic acids is 2. The van der Waals surface area contributed by atoms with Crippen molar-refractivity contribution in [2.24, 2.45) is 0 Å². The molecule has 174 valence electrons. The number of halogens is 1. The molecule has 2 rings (SSSR count). The van der Waals surface area contributed by atoms with E-state index in [1.807, 2.05) is 45.0 Å². The van der Waals surface area contributed by atoms with Crippen LogP contribution in [0.3, 0.4) is 0 Å². The summed E-state index contributed by atoms with van der Waals surface area (Å²) in [6.07, 6.45) is 1.38. The van der Waals surface area contributed by atoms with Crippen molar-refractivity contribution in [1.82, 2.24) is 10.2 Å². The van der Waals surface area contributed by atoms with Crippen LogP contribution in [0.5, 0.6) is 0 Å². The second kappa shape index (κ2) is 12.9. The first-order valence-electron chi connectivity index (χ1n) is 11.2. The van der Waals surface area contributed by atoms with Gasteiger partial charge in [-0.3, -0.25) is 9.59 Å². The molecule has 0 aliphatic heterocycles. The molecule has 0 radical (unpaired) electrons. The molecule has 0 heterocycles. The fourth-order valence-corrected chi connectivity index (χ4v) is 4.70. The molecule has 0 aliphatic carbocycles. The monoisotopic (exact) mass is 474 g/mol. The van der Waals surface area contributed by atoms with Gasteiger partial charge in [-0.25, -0.2) is 0 Å². The van der Waals surface area contributed by atoms with E-state index >= 15 is 0 Å². The van der Waals surface area contributed by atoms with Crippen LogP contribution in [0.1, 0.15) is 55.9 Å². The summed E-state index contributed by atoms with van der Waals surface area (Å²) < 4.78 is 0. The highest BCUT2D eigenvalue weighted by Gasteiger charge is 2.29. The van der Waals surface area contributed by atoms with Crippen LogP contribution in [0.15, 0.2) is 42.5 Å². The molecule has 0 saturated heterocycles. The Morgan fingerprint density at radius 3 is 2.31 bits per heavy atom. The maximum absolute atomic E-state index is 13.3. The zero-order chi connectivity index (χ0) is 23.7. The lowest BCUT2D eigenvalue weighted by atomic mass is 10.1. The summed E-state index contributed by atoms with van der Waals surface area (Å²) in [6, 6.07) is 13.5. The summed E-state index contributed by atoms with van der Waals surface area (Å²) in [5.41, 5.74) is 4.50. The van der Waals surface area contributed by atoms with Crippen LogP contribution in [-0.2, 0) is 21.9 Å². The number of carbonyl (C=O) groups is 2. The Morgan fingerprint density at radius 1 is 1.06 bits per heavy atom. The van der Waals surface area contributed by atoms with E-state index in [9.17, 15) is 9.59 Å². The highest BCUT2D eigenvalue weighted by Crippen LogP contribution is 2.22. The highest BCUT2D eigenvalue weighted by atomic mass is 35.5. The van der Waals surface area contributed by atoms with Gasteiger partial charge in [-0.1, -0.05) is 73.0 Å². The fraction of sp³-hybridized carbons (Fsp3) is 0.462. The average Bonchev–Trinajstić information content (AvgIpc) is 2.74. The predicted molar refractivity (Wildman–Crippen MR) is 136 cm³/mol. The Bertz CT molecular complexity index is 898. The van der Waals surface area contributed by atoms with Crippen LogP contribution in [0.25, 0.3) is 0 Å². The molecule has 0 spiro atoms. The first kappa shape index (κ1) is 26.3. The van der Waals surface area contributed by atoms with Crippen LogP contribution >= 0.6 is 23.4 Å². The van der Waals surface area contributed by atoms with Gasteiger partial charge in [0.25, 0.3) is 0 Å². The van der Waals surface area contributed by atoms with E-state index in [-0.39, 0.29) is 17.9 Å². The molecule has 32 heavy (non-hydrogen) atoms. The number of aryl methyl sites for hydroxylation is 2. The number of nitrogens with one attached hydrogen (secondary N) is 1. The molecule has 0 fully saturated rings. The largest absolute Gasteiger partial charge is 0.352 e. The molecule has 2 aromatic rings. The molecule has 0 unspecified atom stereocenters. The van der Waals surface area contributed by atoms with Gasteiger partial charge < -0.3 is 10.2 Å². The Balaban J connectivity index is 2.17. The van der Waals surface area contributed by atoms with Crippen molar-refractivity contribution < 1.29 is 9.59 Å². The molecule has 2 amide bonds. The minimum absolute atomic E-state index is 0.0505. The summed E-state index contributed by atoms with van der Waals surface area (Å²) in [5.74, 6) is 0.904. The maximum Gasteiger partial charge on any atom is 0.243 e.